The first-order chi connectivity index (χ1) is 10.5. The smallest absolute Gasteiger partial charge is 0.306 e. The molecule has 0 aromatic heterocycles. The van der Waals surface area contributed by atoms with Crippen LogP contribution in [0.4, 0.5) is 0 Å². The van der Waals surface area contributed by atoms with E-state index < -0.39 is 73.0 Å². The van der Waals surface area contributed by atoms with Gasteiger partial charge in [-0.25, -0.2) is 0 Å². The van der Waals surface area contributed by atoms with Gasteiger partial charge in [-0.3, -0.25) is 14.4 Å². The van der Waals surface area contributed by atoms with Gasteiger partial charge in [-0.15, -0.1) is 0 Å². The molecule has 2 fully saturated rings. The summed E-state index contributed by atoms with van der Waals surface area (Å²) in [5.74, 6) is -4.92. The van der Waals surface area contributed by atoms with Gasteiger partial charge in [-0.1, -0.05) is 0 Å². The molecule has 2 rings (SSSR count). The van der Waals surface area contributed by atoms with Crippen molar-refractivity contribution in [2.24, 2.45) is 0 Å². The molecule has 2 heterocycles. The fourth-order valence-corrected chi connectivity index (χ4v) is 3.22. The molecule has 23 heavy (non-hydrogen) atoms. The summed E-state index contributed by atoms with van der Waals surface area (Å²) in [6.07, 6.45) is -6.88. The highest BCUT2D eigenvalue weighted by molar-refractivity contribution is 5.74. The van der Waals surface area contributed by atoms with E-state index in [1.807, 2.05) is 0 Å². The first kappa shape index (κ1) is 17.6. The number of aliphatic hydroxyl groups is 3. The molecule has 0 unspecified atom stereocenters. The van der Waals surface area contributed by atoms with E-state index in [2.05, 4.69) is 0 Å². The van der Waals surface area contributed by atoms with E-state index in [4.69, 9.17) is 24.8 Å². The van der Waals surface area contributed by atoms with Crippen molar-refractivity contribution in [1.29, 1.82) is 0 Å². The van der Waals surface area contributed by atoms with Crippen LogP contribution in [0, 0.1) is 0 Å². The van der Waals surface area contributed by atoms with E-state index in [0.29, 0.717) is 0 Å². The molecule has 0 radical (unpaired) electrons. The van der Waals surface area contributed by atoms with E-state index in [9.17, 15) is 29.7 Å². The standard InChI is InChI=1S/C12H16O11/c13-6(14)1-10(19)5-4-22-9(23-5)11(20,2-7(15)16)12(10,21)3-8(17)18/h5,9,19-21H,1-4H2,(H,13,14)(H,15,16)(H,17,18)/t5-,9+,10-,11+,12+/m1/s1. The average molecular weight is 336 g/mol. The Balaban J connectivity index is 2.61. The number of aliphatic carboxylic acids is 3. The second-order valence-corrected chi connectivity index (χ2v) is 5.71. The van der Waals surface area contributed by atoms with Crippen molar-refractivity contribution in [3.8, 4) is 0 Å². The maximum Gasteiger partial charge on any atom is 0.306 e. The molecule has 0 aromatic carbocycles. The van der Waals surface area contributed by atoms with Crippen LogP contribution >= 0.6 is 0 Å². The van der Waals surface area contributed by atoms with E-state index >= 15 is 0 Å². The summed E-state index contributed by atoms with van der Waals surface area (Å²) in [5.41, 5.74) is -8.66. The molecule has 2 aliphatic rings. The largest absolute Gasteiger partial charge is 0.481 e. The third-order valence-corrected chi connectivity index (χ3v) is 4.29. The molecule has 0 spiro atoms. The zero-order valence-corrected chi connectivity index (χ0v) is 11.7. The highest BCUT2D eigenvalue weighted by atomic mass is 16.7. The summed E-state index contributed by atoms with van der Waals surface area (Å²) in [5, 5.41) is 59.0. The lowest BCUT2D eigenvalue weighted by molar-refractivity contribution is -0.357. The van der Waals surface area contributed by atoms with E-state index in [-0.39, 0.29) is 0 Å². The van der Waals surface area contributed by atoms with Crippen LogP contribution in [-0.2, 0) is 23.9 Å². The maximum absolute atomic E-state index is 11.1. The number of carboxylic acid groups (broad SMARTS) is 3. The first-order valence-electron chi connectivity index (χ1n) is 6.56. The van der Waals surface area contributed by atoms with Gasteiger partial charge < -0.3 is 40.1 Å². The van der Waals surface area contributed by atoms with Crippen LogP contribution in [-0.4, -0.2) is 84.4 Å². The second kappa shape index (κ2) is 5.39. The van der Waals surface area contributed by atoms with Gasteiger partial charge in [0.15, 0.2) is 11.9 Å². The number of carboxylic acids is 3. The summed E-state index contributed by atoms with van der Waals surface area (Å²) >= 11 is 0. The molecule has 5 atom stereocenters. The summed E-state index contributed by atoms with van der Waals surface area (Å²) in [7, 11) is 0. The number of hydrogen-bond acceptors (Lipinski definition) is 8. The van der Waals surface area contributed by atoms with Crippen molar-refractivity contribution < 1.29 is 54.5 Å². The van der Waals surface area contributed by atoms with Gasteiger partial charge in [0.2, 0.25) is 0 Å². The maximum atomic E-state index is 11.1. The van der Waals surface area contributed by atoms with Gasteiger partial charge in [0, 0.05) is 0 Å². The minimum atomic E-state index is -3.02. The van der Waals surface area contributed by atoms with Crippen LogP contribution in [0.3, 0.4) is 0 Å². The Morgan fingerprint density at radius 3 is 1.83 bits per heavy atom. The average Bonchev–Trinajstić information content (AvgIpc) is 2.83. The number of rotatable bonds is 6. The summed E-state index contributed by atoms with van der Waals surface area (Å²) in [6, 6.07) is 0. The van der Waals surface area contributed by atoms with E-state index in [1.54, 1.807) is 0 Å². The van der Waals surface area contributed by atoms with Gasteiger partial charge in [0.05, 0.1) is 25.9 Å². The van der Waals surface area contributed by atoms with Crippen molar-refractivity contribution >= 4 is 17.9 Å². The van der Waals surface area contributed by atoms with E-state index in [1.165, 1.54) is 0 Å². The van der Waals surface area contributed by atoms with Gasteiger partial charge in [0.1, 0.15) is 17.3 Å². The van der Waals surface area contributed by atoms with Crippen molar-refractivity contribution in [2.75, 3.05) is 6.61 Å². The molecule has 2 saturated heterocycles. The first-order valence-corrected chi connectivity index (χ1v) is 6.56. The number of hydrogen-bond donors (Lipinski definition) is 6. The predicted octanol–water partition coefficient (Wildman–Crippen LogP) is -2.64. The fourth-order valence-electron chi connectivity index (χ4n) is 3.22. The van der Waals surface area contributed by atoms with Crippen molar-refractivity contribution in [2.45, 2.75) is 48.5 Å². The monoisotopic (exact) mass is 336 g/mol. The second-order valence-electron chi connectivity index (χ2n) is 5.71. The van der Waals surface area contributed by atoms with Gasteiger partial charge in [0.25, 0.3) is 0 Å². The fraction of sp³-hybridized carbons (Fsp3) is 0.750. The lowest BCUT2D eigenvalue weighted by atomic mass is 9.62. The van der Waals surface area contributed by atoms with Crippen molar-refractivity contribution in [3.05, 3.63) is 0 Å². The summed E-state index contributed by atoms with van der Waals surface area (Å²) in [4.78, 5) is 33.2. The summed E-state index contributed by atoms with van der Waals surface area (Å²) < 4.78 is 10.1. The Morgan fingerprint density at radius 2 is 1.35 bits per heavy atom. The quantitative estimate of drug-likeness (QED) is 0.297. The Morgan fingerprint density at radius 1 is 0.870 bits per heavy atom. The van der Waals surface area contributed by atoms with Crippen LogP contribution in [0.2, 0.25) is 0 Å². The molecule has 0 saturated carbocycles. The topological polar surface area (TPSA) is 191 Å². The molecule has 6 N–H and O–H groups in total. The molecule has 2 bridgehead atoms. The Kier molecular flexibility index (Phi) is 4.11. The SMILES string of the molecule is O=C(O)C[C@]1(O)[C@@](O)(CC(=O)O)[C@H]2CO[C@@H](O2)[C@@]1(O)CC(=O)O. The molecule has 0 aliphatic carbocycles. The van der Waals surface area contributed by atoms with Gasteiger partial charge in [-0.05, 0) is 0 Å². The molecular weight excluding hydrogens is 320 g/mol. The number of ether oxygens (including phenoxy) is 2. The molecule has 2 aliphatic heterocycles. The third kappa shape index (κ3) is 2.46. The zero-order chi connectivity index (χ0) is 17.6. The van der Waals surface area contributed by atoms with Crippen LogP contribution < -0.4 is 0 Å². The van der Waals surface area contributed by atoms with Crippen LogP contribution in [0.1, 0.15) is 19.3 Å². The molecule has 11 heteroatoms. The minimum Gasteiger partial charge on any atom is -0.481 e. The minimum absolute atomic E-state index is 0.446. The molecule has 0 amide bonds. The lowest BCUT2D eigenvalue weighted by Crippen LogP contribution is -2.79. The van der Waals surface area contributed by atoms with Crippen molar-refractivity contribution in [3.63, 3.8) is 0 Å². The molecular formula is C12H16O11. The molecule has 130 valence electrons. The number of carbonyl (C=O) groups is 3. The van der Waals surface area contributed by atoms with Gasteiger partial charge in [-0.2, -0.15) is 0 Å². The van der Waals surface area contributed by atoms with Crippen LogP contribution in [0.25, 0.3) is 0 Å². The van der Waals surface area contributed by atoms with Crippen molar-refractivity contribution in [1.82, 2.24) is 0 Å². The Labute approximate surface area is 128 Å². The Bertz CT molecular complexity index is 509. The molecule has 0 aromatic rings. The van der Waals surface area contributed by atoms with E-state index in [0.717, 1.165) is 0 Å². The van der Waals surface area contributed by atoms with Crippen LogP contribution in [0.15, 0.2) is 0 Å². The summed E-state index contributed by atoms with van der Waals surface area (Å²) in [6.45, 7) is -0.446. The predicted molar refractivity (Wildman–Crippen MR) is 66.2 cm³/mol. The lowest BCUT2D eigenvalue weighted by Gasteiger charge is -2.56. The third-order valence-electron chi connectivity index (χ3n) is 4.29. The van der Waals surface area contributed by atoms with Crippen LogP contribution in [0.5, 0.6) is 0 Å². The Hall–Kier alpha value is -1.79. The highest BCUT2D eigenvalue weighted by Gasteiger charge is 2.75. The normalized spacial score (nSPS) is 42.4. The zero-order valence-electron chi connectivity index (χ0n) is 11.7. The van der Waals surface area contributed by atoms with Gasteiger partial charge >= 0.3 is 17.9 Å². The number of fused-ring (bicyclic) bond motifs is 2. The molecule has 11 nitrogen and oxygen atoms in total. The highest BCUT2D eigenvalue weighted by Crippen LogP contribution is 2.52.